The molecule has 1 aromatic carbocycles. The van der Waals surface area contributed by atoms with E-state index in [1.54, 1.807) is 19.1 Å². The molecule has 0 spiro atoms. The first-order valence-electron chi connectivity index (χ1n) is 5.59. The van der Waals surface area contributed by atoms with Gasteiger partial charge in [0.05, 0.1) is 6.61 Å². The molecule has 0 fully saturated rings. The highest BCUT2D eigenvalue weighted by Crippen LogP contribution is 2.20. The highest BCUT2D eigenvalue weighted by molar-refractivity contribution is 5.98. The first-order valence-corrected chi connectivity index (χ1v) is 5.59. The van der Waals surface area contributed by atoms with E-state index in [9.17, 15) is 9.90 Å². The molecule has 18 heavy (non-hydrogen) atoms. The van der Waals surface area contributed by atoms with Gasteiger partial charge in [-0.1, -0.05) is 18.2 Å². The number of nitriles is 1. The van der Waals surface area contributed by atoms with Crippen molar-refractivity contribution in [1.82, 2.24) is 0 Å². The number of hydrogen-bond acceptors (Lipinski definition) is 4. The van der Waals surface area contributed by atoms with Crippen molar-refractivity contribution < 1.29 is 14.6 Å². The Labute approximate surface area is 106 Å². The summed E-state index contributed by atoms with van der Waals surface area (Å²) in [5.41, 5.74) is 2.49. The number of carbonyl (C=O) groups is 1. The van der Waals surface area contributed by atoms with Gasteiger partial charge in [-0.15, -0.1) is 0 Å². The van der Waals surface area contributed by atoms with Crippen LogP contribution in [0.1, 0.15) is 23.6 Å². The highest BCUT2D eigenvalue weighted by atomic mass is 16.5. The smallest absolute Gasteiger partial charge is 0.374 e. The summed E-state index contributed by atoms with van der Waals surface area (Å²) in [6, 6.07) is 7.11. The molecular weight excluding hydrogens is 230 g/mol. The zero-order chi connectivity index (χ0) is 13.7. The lowest BCUT2D eigenvalue weighted by Crippen LogP contribution is -2.09. The number of rotatable bonds is 3. The van der Waals surface area contributed by atoms with Crippen LogP contribution in [0.2, 0.25) is 0 Å². The number of aliphatic hydroxyl groups is 1. The SMILES string of the molecule is CCOC(=O)/C(O)=C(\C#N)c1ccc(C)c(C)c1. The molecule has 0 amide bonds. The van der Waals surface area contributed by atoms with Crippen LogP contribution in [-0.2, 0) is 9.53 Å². The molecule has 0 aromatic heterocycles. The lowest BCUT2D eigenvalue weighted by molar-refractivity contribution is -0.141. The van der Waals surface area contributed by atoms with Crippen molar-refractivity contribution in [3.05, 3.63) is 40.6 Å². The van der Waals surface area contributed by atoms with Gasteiger partial charge in [0.1, 0.15) is 11.6 Å². The molecule has 94 valence electrons. The number of hydrogen-bond donors (Lipinski definition) is 1. The van der Waals surface area contributed by atoms with Gasteiger partial charge in [0.15, 0.2) is 0 Å². The minimum atomic E-state index is -0.882. The van der Waals surface area contributed by atoms with E-state index >= 15 is 0 Å². The van der Waals surface area contributed by atoms with E-state index in [1.165, 1.54) is 0 Å². The maximum Gasteiger partial charge on any atom is 0.374 e. The molecule has 0 radical (unpaired) electrons. The zero-order valence-corrected chi connectivity index (χ0v) is 10.7. The molecule has 4 heteroatoms. The van der Waals surface area contributed by atoms with Gasteiger partial charge in [0.2, 0.25) is 5.76 Å². The lowest BCUT2D eigenvalue weighted by Gasteiger charge is -2.06. The third kappa shape index (κ3) is 2.89. The lowest BCUT2D eigenvalue weighted by atomic mass is 10.0. The number of benzene rings is 1. The number of ether oxygens (including phenoxy) is 1. The Bertz CT molecular complexity index is 538. The quantitative estimate of drug-likeness (QED) is 0.384. The van der Waals surface area contributed by atoms with E-state index in [4.69, 9.17) is 5.26 Å². The van der Waals surface area contributed by atoms with Crippen molar-refractivity contribution in [3.8, 4) is 6.07 Å². The molecule has 0 aliphatic rings. The first kappa shape index (κ1) is 13.8. The van der Waals surface area contributed by atoms with Gasteiger partial charge in [0, 0.05) is 0 Å². The number of aryl methyl sites for hydroxylation is 2. The van der Waals surface area contributed by atoms with Crippen molar-refractivity contribution in [1.29, 1.82) is 5.26 Å². The maximum absolute atomic E-state index is 11.4. The summed E-state index contributed by atoms with van der Waals surface area (Å²) in [5.74, 6) is -1.53. The second kappa shape index (κ2) is 5.87. The summed E-state index contributed by atoms with van der Waals surface area (Å²) in [6.45, 7) is 5.62. The van der Waals surface area contributed by atoms with E-state index in [0.29, 0.717) is 5.56 Å². The molecule has 0 unspecified atom stereocenters. The van der Waals surface area contributed by atoms with Crippen LogP contribution in [0.3, 0.4) is 0 Å². The molecule has 1 rings (SSSR count). The second-order valence-electron chi connectivity index (χ2n) is 3.85. The van der Waals surface area contributed by atoms with Crippen LogP contribution in [0.5, 0.6) is 0 Å². The summed E-state index contributed by atoms with van der Waals surface area (Å²) in [7, 11) is 0. The Kier molecular flexibility index (Phi) is 4.50. The predicted octanol–water partition coefficient (Wildman–Crippen LogP) is 2.66. The van der Waals surface area contributed by atoms with Crippen LogP contribution < -0.4 is 0 Å². The summed E-state index contributed by atoms with van der Waals surface area (Å²) < 4.78 is 4.66. The molecule has 0 bridgehead atoms. The molecule has 0 aliphatic heterocycles. The van der Waals surface area contributed by atoms with Gasteiger partial charge in [-0.05, 0) is 37.5 Å². The van der Waals surface area contributed by atoms with Gasteiger partial charge in [-0.3, -0.25) is 0 Å². The molecule has 1 aromatic rings. The molecule has 4 nitrogen and oxygen atoms in total. The van der Waals surface area contributed by atoms with Gasteiger partial charge in [-0.25, -0.2) is 4.79 Å². The summed E-state index contributed by atoms with van der Waals surface area (Å²) in [6.07, 6.45) is 0. The third-order valence-corrected chi connectivity index (χ3v) is 2.61. The van der Waals surface area contributed by atoms with E-state index < -0.39 is 11.7 Å². The number of allylic oxidation sites excluding steroid dienone is 1. The number of esters is 1. The van der Waals surface area contributed by atoms with Gasteiger partial charge in [-0.2, -0.15) is 5.26 Å². The first-order chi connectivity index (χ1) is 8.51. The van der Waals surface area contributed by atoms with E-state index in [0.717, 1.165) is 11.1 Å². The van der Waals surface area contributed by atoms with Crippen molar-refractivity contribution in [2.24, 2.45) is 0 Å². The Hall–Kier alpha value is -2.28. The van der Waals surface area contributed by atoms with Crippen LogP contribution >= 0.6 is 0 Å². The van der Waals surface area contributed by atoms with Crippen molar-refractivity contribution in [2.75, 3.05) is 6.61 Å². The number of nitrogens with zero attached hydrogens (tertiary/aromatic N) is 1. The predicted molar refractivity (Wildman–Crippen MR) is 67.7 cm³/mol. The fourth-order valence-corrected chi connectivity index (χ4v) is 1.45. The Morgan fingerprint density at radius 1 is 1.39 bits per heavy atom. The minimum Gasteiger partial charge on any atom is -0.501 e. The largest absolute Gasteiger partial charge is 0.501 e. The average Bonchev–Trinajstić information content (AvgIpc) is 2.34. The average molecular weight is 245 g/mol. The summed E-state index contributed by atoms with van der Waals surface area (Å²) >= 11 is 0. The second-order valence-corrected chi connectivity index (χ2v) is 3.85. The van der Waals surface area contributed by atoms with E-state index in [1.807, 2.05) is 26.0 Å². The van der Waals surface area contributed by atoms with Crippen molar-refractivity contribution in [2.45, 2.75) is 20.8 Å². The molecule has 0 atom stereocenters. The Morgan fingerprint density at radius 3 is 2.56 bits per heavy atom. The third-order valence-electron chi connectivity index (χ3n) is 2.61. The molecular formula is C14H15NO3. The Balaban J connectivity index is 3.25. The maximum atomic E-state index is 11.4. The fraction of sp³-hybridized carbons (Fsp3) is 0.286. The van der Waals surface area contributed by atoms with Crippen molar-refractivity contribution >= 4 is 11.5 Å². The molecule has 0 saturated carbocycles. The molecule has 0 heterocycles. The molecule has 0 saturated heterocycles. The Morgan fingerprint density at radius 2 is 2.06 bits per heavy atom. The minimum absolute atomic E-state index is 0.0726. The summed E-state index contributed by atoms with van der Waals surface area (Å²) in [4.78, 5) is 11.4. The van der Waals surface area contributed by atoms with Gasteiger partial charge >= 0.3 is 5.97 Å². The van der Waals surface area contributed by atoms with Crippen LogP contribution in [0.4, 0.5) is 0 Å². The van der Waals surface area contributed by atoms with Crippen LogP contribution in [-0.4, -0.2) is 17.7 Å². The van der Waals surface area contributed by atoms with Crippen molar-refractivity contribution in [3.63, 3.8) is 0 Å². The van der Waals surface area contributed by atoms with E-state index in [2.05, 4.69) is 4.74 Å². The standard InChI is InChI=1S/C14H15NO3/c1-4-18-14(17)13(16)12(8-15)11-6-5-9(2)10(3)7-11/h5-7,16H,4H2,1-3H3/b13-12-. The molecule has 1 N–H and O–H groups in total. The van der Waals surface area contributed by atoms with Crippen LogP contribution in [0, 0.1) is 25.2 Å². The number of aliphatic hydroxyl groups excluding tert-OH is 1. The van der Waals surface area contributed by atoms with Crippen LogP contribution in [0.15, 0.2) is 24.0 Å². The highest BCUT2D eigenvalue weighted by Gasteiger charge is 2.17. The van der Waals surface area contributed by atoms with Gasteiger partial charge in [0.25, 0.3) is 0 Å². The monoisotopic (exact) mass is 245 g/mol. The number of carbonyl (C=O) groups excluding carboxylic acids is 1. The topological polar surface area (TPSA) is 70.3 Å². The fourth-order valence-electron chi connectivity index (χ4n) is 1.45. The van der Waals surface area contributed by atoms with Gasteiger partial charge < -0.3 is 9.84 Å². The molecule has 0 aliphatic carbocycles. The van der Waals surface area contributed by atoms with E-state index in [-0.39, 0.29) is 12.2 Å². The normalized spacial score (nSPS) is 11.4. The van der Waals surface area contributed by atoms with Crippen LogP contribution in [0.25, 0.3) is 5.57 Å². The zero-order valence-electron chi connectivity index (χ0n) is 10.7. The summed E-state index contributed by atoms with van der Waals surface area (Å²) in [5, 5.41) is 18.8.